The van der Waals surface area contributed by atoms with Crippen molar-refractivity contribution in [1.29, 1.82) is 0 Å². The van der Waals surface area contributed by atoms with E-state index in [4.69, 9.17) is 14.2 Å². The van der Waals surface area contributed by atoms with Crippen molar-refractivity contribution in [3.63, 3.8) is 0 Å². The zero-order valence-corrected chi connectivity index (χ0v) is 10.00. The van der Waals surface area contributed by atoms with Crippen LogP contribution in [0.4, 0.5) is 0 Å². The summed E-state index contributed by atoms with van der Waals surface area (Å²) in [5.74, 6) is -0.550. The van der Waals surface area contributed by atoms with Crippen LogP contribution in [-0.2, 0) is 19.0 Å². The second-order valence-corrected chi connectivity index (χ2v) is 3.96. The van der Waals surface area contributed by atoms with Crippen LogP contribution in [0.25, 0.3) is 0 Å². The maximum atomic E-state index is 11.6. The van der Waals surface area contributed by atoms with Gasteiger partial charge in [-0.2, -0.15) is 0 Å². The summed E-state index contributed by atoms with van der Waals surface area (Å²) in [5.41, 5.74) is 0.477. The number of methoxy groups -OCH3 is 1. The fourth-order valence-electron chi connectivity index (χ4n) is 1.73. The van der Waals surface area contributed by atoms with E-state index >= 15 is 0 Å². The lowest BCUT2D eigenvalue weighted by Gasteiger charge is -2.11. The Hall–Kier alpha value is -1.72. The van der Waals surface area contributed by atoms with Crippen molar-refractivity contribution in [1.82, 2.24) is 0 Å². The standard InChI is InChI=1S/C13H14O5/c1-16-13-11(14)7-10(18-13)8-17-12(15)9-5-3-2-4-6-9/h2-6,10,13H,7-8H2,1H3. The molecule has 1 aliphatic rings. The van der Waals surface area contributed by atoms with Crippen LogP contribution in [0.1, 0.15) is 16.8 Å². The molecule has 0 aliphatic carbocycles. The van der Waals surface area contributed by atoms with Gasteiger partial charge in [-0.3, -0.25) is 4.79 Å². The zero-order valence-electron chi connectivity index (χ0n) is 10.00. The van der Waals surface area contributed by atoms with Crippen LogP contribution in [0.3, 0.4) is 0 Å². The Morgan fingerprint density at radius 2 is 2.11 bits per heavy atom. The maximum absolute atomic E-state index is 11.6. The summed E-state index contributed by atoms with van der Waals surface area (Å²) >= 11 is 0. The SMILES string of the molecule is COC1OC(COC(=O)c2ccccc2)CC1=O. The van der Waals surface area contributed by atoms with E-state index in [1.807, 2.05) is 6.07 Å². The van der Waals surface area contributed by atoms with Gasteiger partial charge in [-0.05, 0) is 12.1 Å². The molecule has 0 spiro atoms. The topological polar surface area (TPSA) is 61.8 Å². The van der Waals surface area contributed by atoms with E-state index in [0.29, 0.717) is 5.56 Å². The first-order valence-corrected chi connectivity index (χ1v) is 5.64. The Morgan fingerprint density at radius 3 is 2.72 bits per heavy atom. The van der Waals surface area contributed by atoms with Gasteiger partial charge in [-0.25, -0.2) is 4.79 Å². The molecule has 1 aliphatic heterocycles. The Bertz CT molecular complexity index is 428. The van der Waals surface area contributed by atoms with Crippen LogP contribution in [-0.4, -0.2) is 37.9 Å². The number of rotatable bonds is 4. The van der Waals surface area contributed by atoms with Crippen molar-refractivity contribution in [2.45, 2.75) is 18.8 Å². The average Bonchev–Trinajstić information content (AvgIpc) is 2.77. The van der Waals surface area contributed by atoms with Gasteiger partial charge in [-0.15, -0.1) is 0 Å². The molecule has 0 saturated carbocycles. The lowest BCUT2D eigenvalue weighted by molar-refractivity contribution is -0.152. The molecule has 0 bridgehead atoms. The van der Waals surface area contributed by atoms with Crippen molar-refractivity contribution < 1.29 is 23.8 Å². The predicted molar refractivity (Wildman–Crippen MR) is 62.0 cm³/mol. The molecule has 1 fully saturated rings. The molecule has 0 N–H and O–H groups in total. The Kier molecular flexibility index (Phi) is 4.07. The largest absolute Gasteiger partial charge is 0.459 e. The minimum Gasteiger partial charge on any atom is -0.459 e. The van der Waals surface area contributed by atoms with Crippen molar-refractivity contribution in [2.75, 3.05) is 13.7 Å². The van der Waals surface area contributed by atoms with E-state index in [9.17, 15) is 9.59 Å². The fraction of sp³-hybridized carbons (Fsp3) is 0.385. The van der Waals surface area contributed by atoms with Gasteiger partial charge in [0.15, 0.2) is 5.78 Å². The van der Waals surface area contributed by atoms with Crippen molar-refractivity contribution >= 4 is 11.8 Å². The number of benzene rings is 1. The van der Waals surface area contributed by atoms with Gasteiger partial charge in [0.2, 0.25) is 6.29 Å². The zero-order chi connectivity index (χ0) is 13.0. The van der Waals surface area contributed by atoms with E-state index in [1.165, 1.54) is 7.11 Å². The van der Waals surface area contributed by atoms with E-state index < -0.39 is 18.4 Å². The number of esters is 1. The first-order valence-electron chi connectivity index (χ1n) is 5.64. The lowest BCUT2D eigenvalue weighted by atomic mass is 10.2. The van der Waals surface area contributed by atoms with Crippen LogP contribution in [0.15, 0.2) is 30.3 Å². The Morgan fingerprint density at radius 1 is 1.39 bits per heavy atom. The number of carbonyl (C=O) groups excluding carboxylic acids is 2. The highest BCUT2D eigenvalue weighted by atomic mass is 16.7. The van der Waals surface area contributed by atoms with Gasteiger partial charge in [0, 0.05) is 13.5 Å². The van der Waals surface area contributed by atoms with Gasteiger partial charge in [-0.1, -0.05) is 18.2 Å². The van der Waals surface area contributed by atoms with Crippen LogP contribution in [0, 0.1) is 0 Å². The smallest absolute Gasteiger partial charge is 0.338 e. The molecule has 2 atom stereocenters. The monoisotopic (exact) mass is 250 g/mol. The molecule has 2 unspecified atom stereocenters. The van der Waals surface area contributed by atoms with Crippen molar-refractivity contribution in [2.24, 2.45) is 0 Å². The first-order chi connectivity index (χ1) is 8.70. The molecule has 96 valence electrons. The molecule has 18 heavy (non-hydrogen) atoms. The summed E-state index contributed by atoms with van der Waals surface area (Å²) in [6.07, 6.45) is -1.04. The maximum Gasteiger partial charge on any atom is 0.338 e. The number of ether oxygens (including phenoxy) is 3. The molecular weight excluding hydrogens is 236 g/mol. The predicted octanol–water partition coefficient (Wildman–Crippen LogP) is 1.17. The van der Waals surface area contributed by atoms with Gasteiger partial charge in [0.05, 0.1) is 5.56 Å². The summed E-state index contributed by atoms with van der Waals surface area (Å²) < 4.78 is 15.2. The highest BCUT2D eigenvalue weighted by Gasteiger charge is 2.34. The third kappa shape index (κ3) is 2.94. The molecule has 1 heterocycles. The lowest BCUT2D eigenvalue weighted by Crippen LogP contribution is -2.21. The second kappa shape index (κ2) is 5.75. The number of hydrogen-bond donors (Lipinski definition) is 0. The molecule has 0 amide bonds. The number of Topliss-reactive ketones (excluding diaryl/α,β-unsaturated/α-hetero) is 1. The van der Waals surface area contributed by atoms with E-state index in [0.717, 1.165) is 0 Å². The molecule has 1 aromatic rings. The van der Waals surface area contributed by atoms with Gasteiger partial charge >= 0.3 is 5.97 Å². The van der Waals surface area contributed by atoms with Crippen LogP contribution in [0.5, 0.6) is 0 Å². The summed E-state index contributed by atoms with van der Waals surface area (Å²) in [6.45, 7) is 0.0549. The van der Waals surface area contributed by atoms with Crippen molar-refractivity contribution in [3.05, 3.63) is 35.9 Å². The average molecular weight is 250 g/mol. The normalized spacial score (nSPS) is 23.1. The molecular formula is C13H14O5. The van der Waals surface area contributed by atoms with Crippen LogP contribution >= 0.6 is 0 Å². The summed E-state index contributed by atoms with van der Waals surface area (Å²) in [7, 11) is 1.40. The van der Waals surface area contributed by atoms with Gasteiger partial charge in [0.1, 0.15) is 12.7 Å². The summed E-state index contributed by atoms with van der Waals surface area (Å²) in [4.78, 5) is 23.0. The molecule has 1 aromatic carbocycles. The van der Waals surface area contributed by atoms with Crippen LogP contribution in [0.2, 0.25) is 0 Å². The third-order valence-corrected chi connectivity index (χ3v) is 2.63. The van der Waals surface area contributed by atoms with E-state index in [1.54, 1.807) is 24.3 Å². The molecule has 1 saturated heterocycles. The fourth-order valence-corrected chi connectivity index (χ4v) is 1.73. The number of carbonyl (C=O) groups is 2. The minimum absolute atomic E-state index is 0.0549. The summed E-state index contributed by atoms with van der Waals surface area (Å²) in [6, 6.07) is 8.67. The van der Waals surface area contributed by atoms with Gasteiger partial charge in [0.25, 0.3) is 0 Å². The molecule has 2 rings (SSSR count). The van der Waals surface area contributed by atoms with E-state index in [2.05, 4.69) is 0 Å². The van der Waals surface area contributed by atoms with Crippen LogP contribution < -0.4 is 0 Å². The highest BCUT2D eigenvalue weighted by molar-refractivity contribution is 5.89. The molecule has 5 heteroatoms. The molecule has 0 aromatic heterocycles. The Balaban J connectivity index is 1.83. The van der Waals surface area contributed by atoms with Gasteiger partial charge < -0.3 is 14.2 Å². The number of ketones is 1. The second-order valence-electron chi connectivity index (χ2n) is 3.96. The summed E-state index contributed by atoms with van der Waals surface area (Å²) in [5, 5.41) is 0. The van der Waals surface area contributed by atoms with E-state index in [-0.39, 0.29) is 18.8 Å². The Labute approximate surface area is 105 Å². The van der Waals surface area contributed by atoms with Crippen molar-refractivity contribution in [3.8, 4) is 0 Å². The highest BCUT2D eigenvalue weighted by Crippen LogP contribution is 2.17. The third-order valence-electron chi connectivity index (χ3n) is 2.63. The first kappa shape index (κ1) is 12.7. The quantitative estimate of drug-likeness (QED) is 0.751. The number of hydrogen-bond acceptors (Lipinski definition) is 5. The molecule has 5 nitrogen and oxygen atoms in total. The molecule has 0 radical (unpaired) electrons. The minimum atomic E-state index is -0.828.